The Balaban J connectivity index is 1.50. The Morgan fingerprint density at radius 1 is 1.40 bits per heavy atom. The van der Waals surface area contributed by atoms with Crippen LogP contribution < -0.4 is 0 Å². The van der Waals surface area contributed by atoms with Gasteiger partial charge in [-0.2, -0.15) is 5.10 Å². The van der Waals surface area contributed by atoms with Crippen LogP contribution in [0.1, 0.15) is 38.0 Å². The molecule has 0 bridgehead atoms. The second-order valence-electron chi connectivity index (χ2n) is 7.44. The van der Waals surface area contributed by atoms with E-state index in [4.69, 9.17) is 0 Å². The summed E-state index contributed by atoms with van der Waals surface area (Å²) in [7, 11) is 0. The summed E-state index contributed by atoms with van der Waals surface area (Å²) >= 11 is 1.63. The Kier molecular flexibility index (Phi) is 4.02. The van der Waals surface area contributed by atoms with Crippen molar-refractivity contribution in [3.63, 3.8) is 0 Å². The Labute approximate surface area is 152 Å². The van der Waals surface area contributed by atoms with E-state index >= 15 is 0 Å². The molecular formula is C19H23N3O2S. The lowest BCUT2D eigenvalue weighted by Gasteiger charge is -2.37. The average molecular weight is 357 g/mol. The van der Waals surface area contributed by atoms with Crippen molar-refractivity contribution in [2.45, 2.75) is 38.6 Å². The Morgan fingerprint density at radius 2 is 2.24 bits per heavy atom. The molecule has 132 valence electrons. The molecule has 0 N–H and O–H groups in total. The summed E-state index contributed by atoms with van der Waals surface area (Å²) in [6.07, 6.45) is 6.48. The molecule has 4 rings (SSSR count). The van der Waals surface area contributed by atoms with E-state index in [2.05, 4.69) is 5.10 Å². The van der Waals surface area contributed by atoms with Gasteiger partial charge in [0.2, 0.25) is 11.8 Å². The fourth-order valence-electron chi connectivity index (χ4n) is 4.91. The zero-order chi connectivity index (χ0) is 17.6. The molecule has 25 heavy (non-hydrogen) atoms. The third kappa shape index (κ3) is 2.72. The van der Waals surface area contributed by atoms with E-state index in [1.165, 1.54) is 0 Å². The summed E-state index contributed by atoms with van der Waals surface area (Å²) in [6, 6.07) is 3.99. The van der Waals surface area contributed by atoms with Crippen LogP contribution in [-0.2, 0) is 9.59 Å². The van der Waals surface area contributed by atoms with Crippen LogP contribution >= 0.6 is 11.3 Å². The number of hydrazone groups is 1. The number of hydrogen-bond acceptors (Lipinski definition) is 4. The Morgan fingerprint density at radius 3 is 2.96 bits per heavy atom. The highest BCUT2D eigenvalue weighted by molar-refractivity contribution is 7.10. The van der Waals surface area contributed by atoms with E-state index in [0.29, 0.717) is 11.8 Å². The maximum absolute atomic E-state index is 12.6. The van der Waals surface area contributed by atoms with Gasteiger partial charge < -0.3 is 4.90 Å². The highest BCUT2D eigenvalue weighted by atomic mass is 32.1. The van der Waals surface area contributed by atoms with Crippen LogP contribution in [0.3, 0.4) is 0 Å². The second-order valence-corrected chi connectivity index (χ2v) is 8.42. The number of likely N-dealkylation sites (tertiary alicyclic amines) is 1. The largest absolute Gasteiger partial charge is 0.338 e. The first kappa shape index (κ1) is 16.5. The zero-order valence-electron chi connectivity index (χ0n) is 14.6. The minimum absolute atomic E-state index is 0.0138. The van der Waals surface area contributed by atoms with Gasteiger partial charge in [0.25, 0.3) is 0 Å². The number of carbonyl (C=O) groups excluding carboxylic acids is 2. The highest BCUT2D eigenvalue weighted by Gasteiger charge is 2.58. The fourth-order valence-corrected chi connectivity index (χ4v) is 5.53. The number of carbonyl (C=O) groups is 2. The summed E-state index contributed by atoms with van der Waals surface area (Å²) in [5, 5.41) is 8.24. The molecule has 0 radical (unpaired) electrons. The van der Waals surface area contributed by atoms with Crippen LogP contribution in [0.15, 0.2) is 28.7 Å². The van der Waals surface area contributed by atoms with E-state index in [-0.39, 0.29) is 17.4 Å². The Hall–Kier alpha value is -1.95. The van der Waals surface area contributed by atoms with Gasteiger partial charge in [-0.1, -0.05) is 6.07 Å². The number of fused-ring (bicyclic) bond motifs is 2. The van der Waals surface area contributed by atoms with Gasteiger partial charge in [-0.15, -0.1) is 11.3 Å². The maximum atomic E-state index is 12.6. The molecule has 2 fully saturated rings. The number of rotatable bonds is 2. The normalized spacial score (nSPS) is 31.2. The van der Waals surface area contributed by atoms with Gasteiger partial charge in [-0.25, -0.2) is 5.01 Å². The molecule has 5 nitrogen and oxygen atoms in total. The Bertz CT molecular complexity index is 755. The van der Waals surface area contributed by atoms with E-state index in [0.717, 1.165) is 42.9 Å². The van der Waals surface area contributed by atoms with Gasteiger partial charge in [0.05, 0.1) is 5.54 Å². The summed E-state index contributed by atoms with van der Waals surface area (Å²) in [5.74, 6) is 0.890. The maximum Gasteiger partial charge on any atom is 0.246 e. The SMILES string of the molecule is CC(=O)N1N=C(C)CC12CCC1CN(C(=O)/C=C/c3cccs3)CC12. The summed E-state index contributed by atoms with van der Waals surface area (Å²) < 4.78 is 0. The summed E-state index contributed by atoms with van der Waals surface area (Å²) in [4.78, 5) is 27.7. The number of amides is 2. The van der Waals surface area contributed by atoms with Crippen LogP contribution in [0.25, 0.3) is 6.08 Å². The number of thiophene rings is 1. The third-order valence-electron chi connectivity index (χ3n) is 5.88. The molecule has 1 spiro atoms. The molecule has 1 saturated carbocycles. The van der Waals surface area contributed by atoms with Crippen LogP contribution in [0.5, 0.6) is 0 Å². The molecule has 1 aromatic rings. The van der Waals surface area contributed by atoms with Crippen LogP contribution in [0.2, 0.25) is 0 Å². The van der Waals surface area contributed by atoms with Crippen LogP contribution in [-0.4, -0.2) is 46.1 Å². The summed E-state index contributed by atoms with van der Waals surface area (Å²) in [6.45, 7) is 5.12. The van der Waals surface area contributed by atoms with E-state index in [1.54, 1.807) is 29.3 Å². The molecule has 3 heterocycles. The van der Waals surface area contributed by atoms with Gasteiger partial charge >= 0.3 is 0 Å². The molecule has 6 heteroatoms. The average Bonchev–Trinajstić information content (AvgIpc) is 3.32. The molecule has 3 unspecified atom stereocenters. The van der Waals surface area contributed by atoms with Gasteiger partial charge in [-0.3, -0.25) is 9.59 Å². The lowest BCUT2D eigenvalue weighted by Crippen LogP contribution is -2.50. The second kappa shape index (κ2) is 6.09. The monoisotopic (exact) mass is 357 g/mol. The molecular weight excluding hydrogens is 334 g/mol. The third-order valence-corrected chi connectivity index (χ3v) is 6.71. The molecule has 3 aliphatic rings. The summed E-state index contributed by atoms with van der Waals surface area (Å²) in [5.41, 5.74) is 0.825. The molecule has 2 amide bonds. The zero-order valence-corrected chi connectivity index (χ0v) is 15.5. The van der Waals surface area contributed by atoms with Gasteiger partial charge in [-0.05, 0) is 43.2 Å². The minimum Gasteiger partial charge on any atom is -0.338 e. The van der Waals surface area contributed by atoms with Crippen molar-refractivity contribution >= 4 is 34.9 Å². The predicted molar refractivity (Wildman–Crippen MR) is 99.1 cm³/mol. The van der Waals surface area contributed by atoms with Gasteiger partial charge in [0.15, 0.2) is 0 Å². The van der Waals surface area contributed by atoms with Gasteiger partial charge in [0, 0.05) is 49.0 Å². The molecule has 1 saturated heterocycles. The van der Waals surface area contributed by atoms with E-state index in [9.17, 15) is 9.59 Å². The first-order valence-corrected chi connectivity index (χ1v) is 9.73. The highest BCUT2D eigenvalue weighted by Crippen LogP contribution is 2.52. The van der Waals surface area contributed by atoms with Crippen molar-refractivity contribution in [3.8, 4) is 0 Å². The van der Waals surface area contributed by atoms with Crippen molar-refractivity contribution < 1.29 is 9.59 Å². The fraction of sp³-hybridized carbons (Fsp3) is 0.526. The topological polar surface area (TPSA) is 53.0 Å². The minimum atomic E-state index is -0.201. The van der Waals surface area contributed by atoms with Crippen molar-refractivity contribution in [1.82, 2.24) is 9.91 Å². The molecule has 3 atom stereocenters. The predicted octanol–water partition coefficient (Wildman–Crippen LogP) is 3.00. The molecule has 0 aromatic carbocycles. The van der Waals surface area contributed by atoms with Crippen LogP contribution in [0, 0.1) is 11.8 Å². The standard InChI is InChI=1S/C19H23N3O2S/c1-13-10-19(22(20-13)14(2)23)8-7-15-11-21(12-17(15)19)18(24)6-5-16-4-3-9-25-16/h3-6,9,15,17H,7-8,10-12H2,1-2H3/b6-5+. The first-order chi connectivity index (χ1) is 12.0. The van der Waals surface area contributed by atoms with Crippen LogP contribution in [0.4, 0.5) is 0 Å². The van der Waals surface area contributed by atoms with Gasteiger partial charge in [0.1, 0.15) is 0 Å². The molecule has 1 aliphatic carbocycles. The number of nitrogens with zero attached hydrogens (tertiary/aromatic N) is 3. The number of hydrogen-bond donors (Lipinski definition) is 0. The van der Waals surface area contributed by atoms with Crippen molar-refractivity contribution in [1.29, 1.82) is 0 Å². The lowest BCUT2D eigenvalue weighted by atomic mass is 9.81. The van der Waals surface area contributed by atoms with Crippen molar-refractivity contribution in [2.24, 2.45) is 16.9 Å². The first-order valence-electron chi connectivity index (χ1n) is 8.85. The van der Waals surface area contributed by atoms with E-state index in [1.807, 2.05) is 35.4 Å². The quantitative estimate of drug-likeness (QED) is 0.764. The molecule has 2 aliphatic heterocycles. The van der Waals surface area contributed by atoms with Crippen molar-refractivity contribution in [3.05, 3.63) is 28.5 Å². The smallest absolute Gasteiger partial charge is 0.246 e. The lowest BCUT2D eigenvalue weighted by molar-refractivity contribution is -0.135. The van der Waals surface area contributed by atoms with E-state index < -0.39 is 0 Å². The molecule has 1 aromatic heterocycles. The van der Waals surface area contributed by atoms with Crippen molar-refractivity contribution in [2.75, 3.05) is 13.1 Å².